The second-order valence-electron chi connectivity index (χ2n) is 6.67. The number of carbonyl (C=O) groups is 1. The van der Waals surface area contributed by atoms with E-state index >= 15 is 0 Å². The number of hydrogen-bond donors (Lipinski definition) is 1. The third-order valence-electron chi connectivity index (χ3n) is 4.62. The monoisotopic (exact) mass is 431 g/mol. The van der Waals surface area contributed by atoms with Crippen LogP contribution in [0.25, 0.3) is 5.69 Å². The van der Waals surface area contributed by atoms with Crippen LogP contribution in [0.3, 0.4) is 0 Å². The average Bonchev–Trinajstić information content (AvgIpc) is 2.92. The van der Waals surface area contributed by atoms with Gasteiger partial charge >= 0.3 is 0 Å². The van der Waals surface area contributed by atoms with Crippen molar-refractivity contribution in [3.05, 3.63) is 69.5 Å². The van der Waals surface area contributed by atoms with Crippen molar-refractivity contribution in [3.8, 4) is 17.2 Å². The second-order valence-corrected chi connectivity index (χ2v) is 7.52. The van der Waals surface area contributed by atoms with E-state index in [0.29, 0.717) is 46.9 Å². The van der Waals surface area contributed by atoms with Gasteiger partial charge < -0.3 is 14.8 Å². The predicted octanol–water partition coefficient (Wildman–Crippen LogP) is 4.58. The zero-order valence-corrected chi connectivity index (χ0v) is 17.3. The molecule has 0 radical (unpaired) electrons. The van der Waals surface area contributed by atoms with E-state index in [1.165, 1.54) is 0 Å². The summed E-state index contributed by atoms with van der Waals surface area (Å²) >= 11 is 12.4. The van der Waals surface area contributed by atoms with Crippen molar-refractivity contribution in [2.75, 3.05) is 13.2 Å². The molecule has 6 nitrogen and oxygen atoms in total. The Bertz CT molecular complexity index is 1070. The van der Waals surface area contributed by atoms with Gasteiger partial charge in [0.1, 0.15) is 0 Å². The maximum Gasteiger partial charge on any atom is 0.255 e. The number of fused-ring (bicyclic) bond motifs is 1. The van der Waals surface area contributed by atoms with Gasteiger partial charge in [-0.2, -0.15) is 5.10 Å². The highest BCUT2D eigenvalue weighted by molar-refractivity contribution is 6.32. The van der Waals surface area contributed by atoms with Crippen LogP contribution in [0.5, 0.6) is 11.5 Å². The molecule has 150 valence electrons. The van der Waals surface area contributed by atoms with E-state index < -0.39 is 0 Å². The van der Waals surface area contributed by atoms with Crippen LogP contribution in [0.2, 0.25) is 10.0 Å². The molecule has 1 aliphatic heterocycles. The van der Waals surface area contributed by atoms with Gasteiger partial charge in [-0.05, 0) is 42.8 Å². The van der Waals surface area contributed by atoms with Gasteiger partial charge in [-0.1, -0.05) is 29.3 Å². The summed E-state index contributed by atoms with van der Waals surface area (Å²) < 4.78 is 13.0. The molecular formula is C21H19Cl2N3O3. The summed E-state index contributed by atoms with van der Waals surface area (Å²) in [5.41, 5.74) is 2.84. The zero-order chi connectivity index (χ0) is 20.4. The summed E-state index contributed by atoms with van der Waals surface area (Å²) in [6.45, 7) is 3.28. The minimum absolute atomic E-state index is 0.223. The van der Waals surface area contributed by atoms with Gasteiger partial charge in [-0.25, -0.2) is 4.68 Å². The van der Waals surface area contributed by atoms with Crippen LogP contribution in [0, 0.1) is 6.92 Å². The molecule has 1 aromatic heterocycles. The van der Waals surface area contributed by atoms with Gasteiger partial charge in [0.2, 0.25) is 0 Å². The number of rotatable bonds is 4. The molecule has 1 amide bonds. The summed E-state index contributed by atoms with van der Waals surface area (Å²) in [5, 5.41) is 8.31. The van der Waals surface area contributed by atoms with Crippen LogP contribution in [-0.2, 0) is 6.54 Å². The van der Waals surface area contributed by atoms with Gasteiger partial charge in [0, 0.05) is 18.0 Å². The quantitative estimate of drug-likeness (QED) is 0.656. The van der Waals surface area contributed by atoms with Crippen LogP contribution in [0.1, 0.15) is 28.0 Å². The first kappa shape index (κ1) is 19.6. The lowest BCUT2D eigenvalue weighted by Crippen LogP contribution is -2.23. The van der Waals surface area contributed by atoms with Crippen LogP contribution in [-0.4, -0.2) is 28.9 Å². The lowest BCUT2D eigenvalue weighted by Gasteiger charge is -2.12. The Kier molecular flexibility index (Phi) is 5.65. The summed E-state index contributed by atoms with van der Waals surface area (Å²) in [6.07, 6.45) is 2.35. The van der Waals surface area contributed by atoms with E-state index in [2.05, 4.69) is 10.4 Å². The number of carbonyl (C=O) groups excluding carboxylic acids is 1. The molecular weight excluding hydrogens is 413 g/mol. The molecule has 29 heavy (non-hydrogen) atoms. The summed E-state index contributed by atoms with van der Waals surface area (Å²) in [5.74, 6) is 0.932. The standard InChI is InChI=1S/C21H19Cl2N3O3/c1-13-17(12-25-26(13)16-5-2-4-15(22)10-16)21(27)24-11-14-8-18(23)20-19(9-14)28-6-3-7-29-20/h2,4-5,8-10,12H,3,6-7,11H2,1H3,(H,24,27). The lowest BCUT2D eigenvalue weighted by molar-refractivity contribution is 0.0950. The normalized spacial score (nSPS) is 13.1. The molecule has 2 heterocycles. The van der Waals surface area contributed by atoms with E-state index in [1.807, 2.05) is 25.1 Å². The van der Waals surface area contributed by atoms with Crippen molar-refractivity contribution < 1.29 is 14.3 Å². The fourth-order valence-corrected chi connectivity index (χ4v) is 3.64. The van der Waals surface area contributed by atoms with Gasteiger partial charge in [0.25, 0.3) is 5.91 Å². The predicted molar refractivity (Wildman–Crippen MR) is 112 cm³/mol. The van der Waals surface area contributed by atoms with Gasteiger partial charge in [-0.15, -0.1) is 0 Å². The topological polar surface area (TPSA) is 65.4 Å². The number of amides is 1. The first-order valence-electron chi connectivity index (χ1n) is 9.19. The second kappa shape index (κ2) is 8.35. The van der Waals surface area contributed by atoms with Gasteiger partial charge in [0.05, 0.1) is 41.4 Å². The van der Waals surface area contributed by atoms with E-state index in [0.717, 1.165) is 23.4 Å². The van der Waals surface area contributed by atoms with E-state index in [9.17, 15) is 4.79 Å². The maximum atomic E-state index is 12.7. The zero-order valence-electron chi connectivity index (χ0n) is 15.7. The van der Waals surface area contributed by atoms with Crippen LogP contribution < -0.4 is 14.8 Å². The molecule has 0 bridgehead atoms. The number of ether oxygens (including phenoxy) is 2. The summed E-state index contributed by atoms with van der Waals surface area (Å²) in [7, 11) is 0. The SMILES string of the molecule is Cc1c(C(=O)NCc2cc(Cl)c3c(c2)OCCCO3)cnn1-c1cccc(Cl)c1. The third-order valence-corrected chi connectivity index (χ3v) is 5.14. The molecule has 0 spiro atoms. The van der Waals surface area contributed by atoms with E-state index in [-0.39, 0.29) is 5.91 Å². The van der Waals surface area contributed by atoms with Gasteiger partial charge in [0.15, 0.2) is 11.5 Å². The number of hydrogen-bond acceptors (Lipinski definition) is 4. The third kappa shape index (κ3) is 4.18. The van der Waals surface area contributed by atoms with Crippen molar-refractivity contribution in [3.63, 3.8) is 0 Å². The Morgan fingerprint density at radius 2 is 2.03 bits per heavy atom. The van der Waals surface area contributed by atoms with Crippen molar-refractivity contribution in [1.82, 2.24) is 15.1 Å². The molecule has 0 aliphatic carbocycles. The molecule has 8 heteroatoms. The number of benzene rings is 2. The number of nitrogens with one attached hydrogen (secondary N) is 1. The lowest BCUT2D eigenvalue weighted by atomic mass is 10.2. The smallest absolute Gasteiger partial charge is 0.255 e. The summed E-state index contributed by atoms with van der Waals surface area (Å²) in [4.78, 5) is 12.7. The number of aromatic nitrogens is 2. The Morgan fingerprint density at radius 3 is 2.86 bits per heavy atom. The Hall–Kier alpha value is -2.70. The highest BCUT2D eigenvalue weighted by atomic mass is 35.5. The molecule has 0 atom stereocenters. The van der Waals surface area contributed by atoms with Crippen LogP contribution >= 0.6 is 23.2 Å². The summed E-state index contributed by atoms with van der Waals surface area (Å²) in [6, 6.07) is 10.9. The molecule has 3 aromatic rings. The van der Waals surface area contributed by atoms with E-state index in [1.54, 1.807) is 29.1 Å². The molecule has 0 unspecified atom stereocenters. The largest absolute Gasteiger partial charge is 0.489 e. The fourth-order valence-electron chi connectivity index (χ4n) is 3.16. The molecule has 0 saturated heterocycles. The van der Waals surface area contributed by atoms with Crippen LogP contribution in [0.4, 0.5) is 0 Å². The molecule has 0 fully saturated rings. The Morgan fingerprint density at radius 1 is 1.21 bits per heavy atom. The molecule has 4 rings (SSSR count). The fraction of sp³-hybridized carbons (Fsp3) is 0.238. The Labute approximate surface area is 178 Å². The van der Waals surface area contributed by atoms with Crippen molar-refractivity contribution in [1.29, 1.82) is 0 Å². The highest BCUT2D eigenvalue weighted by Crippen LogP contribution is 2.38. The molecule has 1 N–H and O–H groups in total. The van der Waals surface area contributed by atoms with Crippen molar-refractivity contribution in [2.24, 2.45) is 0 Å². The van der Waals surface area contributed by atoms with E-state index in [4.69, 9.17) is 32.7 Å². The molecule has 1 aliphatic rings. The first-order chi connectivity index (χ1) is 14.0. The minimum atomic E-state index is -0.223. The number of nitrogens with zero attached hydrogens (tertiary/aromatic N) is 2. The van der Waals surface area contributed by atoms with Crippen molar-refractivity contribution in [2.45, 2.75) is 19.9 Å². The minimum Gasteiger partial charge on any atom is -0.489 e. The van der Waals surface area contributed by atoms with Crippen LogP contribution in [0.15, 0.2) is 42.6 Å². The number of halogens is 2. The average molecular weight is 432 g/mol. The maximum absolute atomic E-state index is 12.7. The first-order valence-corrected chi connectivity index (χ1v) is 9.95. The molecule has 2 aromatic carbocycles. The Balaban J connectivity index is 1.50. The van der Waals surface area contributed by atoms with Gasteiger partial charge in [-0.3, -0.25) is 4.79 Å². The van der Waals surface area contributed by atoms with Crippen molar-refractivity contribution >= 4 is 29.1 Å². The highest BCUT2D eigenvalue weighted by Gasteiger charge is 2.18. The molecule has 0 saturated carbocycles.